The Morgan fingerprint density at radius 2 is 1.75 bits per heavy atom. The first-order valence-corrected chi connectivity index (χ1v) is 26.3. The van der Waals surface area contributed by atoms with Crippen LogP contribution in [0, 0.1) is 17.3 Å². The molecule has 0 aliphatic carbocycles. The third-order valence-corrected chi connectivity index (χ3v) is 13.3. The van der Waals surface area contributed by atoms with Crippen molar-refractivity contribution in [3.8, 4) is 17.6 Å². The van der Waals surface area contributed by atoms with Crippen molar-refractivity contribution < 1.29 is 84.5 Å². The summed E-state index contributed by atoms with van der Waals surface area (Å²) in [7, 11) is -17.1. The monoisotopic (exact) mass is 1080 g/mol. The first-order chi connectivity index (χ1) is 33.9. The Balaban J connectivity index is 1.42. The molecule has 0 bridgehead atoms. The average Bonchev–Trinajstić information content (AvgIpc) is 3.69. The fourth-order valence-corrected chi connectivity index (χ4v) is 9.32. The molecule has 2 amide bonds. The minimum atomic E-state index is -5.84. The minimum Gasteiger partial charge on any atom is -0.491 e. The van der Waals surface area contributed by atoms with E-state index < -0.39 is 85.2 Å². The van der Waals surface area contributed by atoms with Crippen molar-refractivity contribution in [2.75, 3.05) is 52.9 Å². The number of benzene rings is 1. The number of nitrogens with one attached hydrogen (secondary N) is 3. The van der Waals surface area contributed by atoms with Crippen LogP contribution in [-0.2, 0) is 55.4 Å². The van der Waals surface area contributed by atoms with Gasteiger partial charge < -0.3 is 53.9 Å². The summed E-state index contributed by atoms with van der Waals surface area (Å²) in [5.41, 5.74) is 16.0. The highest BCUT2D eigenvalue weighted by atomic mass is 31.3. The summed E-state index contributed by atoms with van der Waals surface area (Å²) in [5, 5.41) is 12.0. The van der Waals surface area contributed by atoms with E-state index in [1.807, 2.05) is 4.98 Å². The summed E-state index contributed by atoms with van der Waals surface area (Å²) in [6.07, 6.45) is 1.26. The molecule has 0 radical (unpaired) electrons. The lowest BCUT2D eigenvalue weighted by Crippen LogP contribution is -2.34. The molecule has 33 heteroatoms. The number of rotatable bonds is 32. The van der Waals surface area contributed by atoms with Crippen molar-refractivity contribution in [1.29, 1.82) is 0 Å². The average molecular weight is 1080 g/mol. The lowest BCUT2D eigenvalue weighted by atomic mass is 9.89. The number of amides is 2. The number of carbonyl (C=O) groups is 3. The van der Waals surface area contributed by atoms with Gasteiger partial charge in [0.2, 0.25) is 5.91 Å². The number of hydrogen-bond donors (Lipinski definition) is 7. The van der Waals surface area contributed by atoms with Crippen LogP contribution >= 0.6 is 23.5 Å². The van der Waals surface area contributed by atoms with Gasteiger partial charge in [-0.3, -0.25) is 33.3 Å². The largest absolute Gasteiger partial charge is 0.491 e. The Bertz CT molecular complexity index is 2580. The molecule has 2 heterocycles. The molecule has 1 aliphatic heterocycles. The Labute approximate surface area is 411 Å². The van der Waals surface area contributed by atoms with Crippen LogP contribution in [0.25, 0.3) is 20.9 Å². The second-order valence-electron chi connectivity index (χ2n) is 16.5. The number of azide groups is 2. The molecule has 30 nitrogen and oxygen atoms in total. The lowest BCUT2D eigenvalue weighted by Gasteiger charge is -2.20. The van der Waals surface area contributed by atoms with E-state index >= 15 is 0 Å². The molecule has 6 unspecified atom stereocenters. The number of phosphoric acid groups is 3. The van der Waals surface area contributed by atoms with E-state index in [9.17, 15) is 47.5 Å². The summed E-state index contributed by atoms with van der Waals surface area (Å²) < 4.78 is 75.2. The maximum Gasteiger partial charge on any atom is 0.490 e. The van der Waals surface area contributed by atoms with Crippen LogP contribution in [-0.4, -0.2) is 118 Å². The van der Waals surface area contributed by atoms with Crippen LogP contribution in [0.4, 0.5) is 0 Å². The zero-order valence-corrected chi connectivity index (χ0v) is 42.0. The van der Waals surface area contributed by atoms with Gasteiger partial charge in [-0.25, -0.2) is 18.5 Å². The summed E-state index contributed by atoms with van der Waals surface area (Å²) in [6.45, 7) is 4.10. The molecule has 6 atom stereocenters. The predicted octanol–water partition coefficient (Wildman–Crippen LogP) is 4.11. The first-order valence-electron chi connectivity index (χ1n) is 21.8. The molecule has 398 valence electrons. The minimum absolute atomic E-state index is 0.119. The SMILES string of the molecule is CC(C)(C)CCCCCC(=O)CCCNC(=O)c1cccc(OCC(N=[N+]=[N-])OCCOCC(=O)NCC#Cc2cn(C3CC(OCN=[N+]=[N-])C(COP(=O)(O)OP(=O)(O)OP(=O)(O)O)O3)c(=O)[nH]c2=O)c1. The van der Waals surface area contributed by atoms with Crippen molar-refractivity contribution in [3.63, 3.8) is 0 Å². The zero-order valence-electron chi connectivity index (χ0n) is 39.3. The quantitative estimate of drug-likeness (QED) is 0.0135. The van der Waals surface area contributed by atoms with E-state index in [0.717, 1.165) is 36.4 Å². The number of ketones is 1. The van der Waals surface area contributed by atoms with E-state index in [1.165, 1.54) is 6.07 Å². The second kappa shape index (κ2) is 30.1. The summed E-state index contributed by atoms with van der Waals surface area (Å²) in [4.78, 5) is 107. The highest BCUT2D eigenvalue weighted by Crippen LogP contribution is 2.66. The van der Waals surface area contributed by atoms with Crippen LogP contribution < -0.4 is 26.6 Å². The van der Waals surface area contributed by atoms with Crippen LogP contribution in [0.3, 0.4) is 0 Å². The summed E-state index contributed by atoms with van der Waals surface area (Å²) in [5.74, 6) is 4.51. The number of nitrogens with zero attached hydrogens (tertiary/aromatic N) is 7. The van der Waals surface area contributed by atoms with Gasteiger partial charge in [-0.15, -0.1) is 0 Å². The van der Waals surface area contributed by atoms with Gasteiger partial charge in [0.1, 0.15) is 49.4 Å². The smallest absolute Gasteiger partial charge is 0.490 e. The molecule has 1 saturated heterocycles. The van der Waals surface area contributed by atoms with E-state index in [-0.39, 0.29) is 55.5 Å². The molecule has 3 rings (SSSR count). The van der Waals surface area contributed by atoms with Crippen molar-refractivity contribution in [2.45, 2.75) is 96.8 Å². The van der Waals surface area contributed by atoms with E-state index in [2.05, 4.69) is 76.4 Å². The fourth-order valence-electron chi connectivity index (χ4n) is 6.29. The maximum atomic E-state index is 12.8. The molecule has 0 saturated carbocycles. The third kappa shape index (κ3) is 24.9. The number of H-pyrrole nitrogens is 1. The lowest BCUT2D eigenvalue weighted by molar-refractivity contribution is -0.126. The molecule has 1 fully saturated rings. The predicted molar refractivity (Wildman–Crippen MR) is 249 cm³/mol. The van der Waals surface area contributed by atoms with Crippen molar-refractivity contribution in [2.24, 2.45) is 15.6 Å². The molecule has 1 aliphatic rings. The van der Waals surface area contributed by atoms with Gasteiger partial charge in [0.25, 0.3) is 11.5 Å². The fraction of sp³-hybridized carbons (Fsp3) is 0.615. The van der Waals surface area contributed by atoms with Crippen LogP contribution in [0.15, 0.2) is 50.3 Å². The molecule has 7 N–H and O–H groups in total. The van der Waals surface area contributed by atoms with E-state index in [1.54, 1.807) is 18.2 Å². The molecule has 0 spiro atoms. The number of hydrogen-bond acceptors (Lipinski definition) is 18. The Morgan fingerprint density at radius 1 is 1.00 bits per heavy atom. The zero-order chi connectivity index (χ0) is 53.4. The molecular formula is C39H57N10O20P3. The number of unbranched alkanes of at least 4 members (excludes halogenated alkanes) is 2. The van der Waals surface area contributed by atoms with Crippen LogP contribution in [0.5, 0.6) is 5.75 Å². The van der Waals surface area contributed by atoms with Gasteiger partial charge >= 0.3 is 29.2 Å². The van der Waals surface area contributed by atoms with Gasteiger partial charge in [-0.05, 0) is 53.9 Å². The van der Waals surface area contributed by atoms with Gasteiger partial charge in [0.05, 0.1) is 32.5 Å². The molecule has 72 heavy (non-hydrogen) atoms. The number of Topliss-reactive ketones (excluding diaryl/α,β-unsaturated/α-hetero) is 1. The van der Waals surface area contributed by atoms with Gasteiger partial charge in [-0.1, -0.05) is 61.7 Å². The van der Waals surface area contributed by atoms with Gasteiger partial charge in [0.15, 0.2) is 6.23 Å². The maximum absolute atomic E-state index is 12.8. The Kier molecular flexibility index (Phi) is 25.5. The Hall–Kier alpha value is -5.26. The normalized spacial score (nSPS) is 17.7. The van der Waals surface area contributed by atoms with Crippen molar-refractivity contribution in [3.05, 3.63) is 83.3 Å². The van der Waals surface area contributed by atoms with Crippen molar-refractivity contribution in [1.82, 2.24) is 20.2 Å². The van der Waals surface area contributed by atoms with Gasteiger partial charge in [0, 0.05) is 47.4 Å². The topological polar surface area (TPSA) is 434 Å². The first kappa shape index (κ1) is 61.0. The highest BCUT2D eigenvalue weighted by Gasteiger charge is 2.43. The molecule has 1 aromatic carbocycles. The number of aromatic nitrogens is 2. The summed E-state index contributed by atoms with van der Waals surface area (Å²) >= 11 is 0. The molecule has 2 aromatic rings. The molecular weight excluding hydrogens is 1020 g/mol. The van der Waals surface area contributed by atoms with Crippen LogP contribution in [0.1, 0.15) is 94.3 Å². The number of ether oxygens (including phenoxy) is 5. The molecule has 1 aromatic heterocycles. The van der Waals surface area contributed by atoms with E-state index in [4.69, 9.17) is 44.5 Å². The van der Waals surface area contributed by atoms with E-state index in [0.29, 0.717) is 37.1 Å². The highest BCUT2D eigenvalue weighted by molar-refractivity contribution is 7.66. The standard InChI is InChI=1S/C39H57N10O20P3/c1-39(2,3)15-6-4-5-12-29(50)13-9-17-43-36(52)27-10-7-14-30(20-27)64-25-34(46-48-41)63-19-18-62-24-33(51)42-16-8-11-28-22-49(38(54)45-37(28)53)35-21-31(65-26-44-47-40)32(67-35)23-66-71(58,59)69-72(60,61)68-70(55,56)57/h7,10,14,20,22,31-32,34-35H,4-6,9,12-13,15-19,21,23-26H2,1-3H3,(H,42,51)(H,43,52)(H,58,59)(H,60,61)(H,45,53,54)(H2,55,56,57). The number of aromatic amines is 1. The summed E-state index contributed by atoms with van der Waals surface area (Å²) in [6, 6.07) is 6.30. The van der Waals surface area contributed by atoms with Crippen LogP contribution in [0.2, 0.25) is 0 Å². The second-order valence-corrected chi connectivity index (χ2v) is 21.0. The number of carbonyl (C=O) groups excluding carboxylic acids is 3. The van der Waals surface area contributed by atoms with Gasteiger partial charge in [-0.2, -0.15) is 8.62 Å². The number of phosphoric ester groups is 1. The Morgan fingerprint density at radius 3 is 2.46 bits per heavy atom. The third-order valence-electron chi connectivity index (χ3n) is 9.52. The van der Waals surface area contributed by atoms with Crippen molar-refractivity contribution >= 4 is 41.1 Å².